The fraction of sp³-hybridized carbons (Fsp3) is 0.333. The van der Waals surface area contributed by atoms with Crippen molar-refractivity contribution in [1.82, 2.24) is 4.90 Å². The summed E-state index contributed by atoms with van der Waals surface area (Å²) in [6.07, 6.45) is 0. The molecule has 3 heteroatoms. The Morgan fingerprint density at radius 1 is 1.33 bits per heavy atom. The molecular formula is C12H15NO2. The van der Waals surface area contributed by atoms with Crippen molar-refractivity contribution in [2.45, 2.75) is 0 Å². The van der Waals surface area contributed by atoms with Gasteiger partial charge in [0.25, 0.3) is 0 Å². The van der Waals surface area contributed by atoms with Crippen LogP contribution in [0, 0.1) is 0 Å². The Balaban J connectivity index is 2.89. The molecule has 1 aromatic rings. The number of hydrogen-bond donors (Lipinski definition) is 0. The fourth-order valence-corrected chi connectivity index (χ4v) is 1.29. The monoisotopic (exact) mass is 205 g/mol. The van der Waals surface area contributed by atoms with Gasteiger partial charge < -0.3 is 9.64 Å². The summed E-state index contributed by atoms with van der Waals surface area (Å²) in [6, 6.07) is 7.40. The van der Waals surface area contributed by atoms with E-state index in [-0.39, 0.29) is 0 Å². The molecule has 0 unspecified atom stereocenters. The number of likely N-dealkylation sites (N-methyl/N-ethyl adjacent to an activating group) is 1. The second-order valence-electron chi connectivity index (χ2n) is 3.55. The molecule has 0 fully saturated rings. The zero-order valence-electron chi connectivity index (χ0n) is 9.28. The topological polar surface area (TPSA) is 29.5 Å². The molecule has 15 heavy (non-hydrogen) atoms. The van der Waals surface area contributed by atoms with E-state index < -0.39 is 0 Å². The highest BCUT2D eigenvalue weighted by molar-refractivity contribution is 5.88. The van der Waals surface area contributed by atoms with Crippen LogP contribution in [0.1, 0.15) is 5.56 Å². The Kier molecular flexibility index (Phi) is 4.10. The van der Waals surface area contributed by atoms with Gasteiger partial charge in [-0.05, 0) is 31.8 Å². The van der Waals surface area contributed by atoms with E-state index in [1.165, 1.54) is 0 Å². The molecular weight excluding hydrogens is 190 g/mol. The Hall–Kier alpha value is -1.57. The van der Waals surface area contributed by atoms with Crippen LogP contribution in [0.2, 0.25) is 0 Å². The van der Waals surface area contributed by atoms with Crippen LogP contribution in [0.3, 0.4) is 0 Å². The normalized spacial score (nSPS) is 9.87. The molecule has 0 spiro atoms. The minimum absolute atomic E-state index is 0.593. The lowest BCUT2D eigenvalue weighted by molar-refractivity contribution is 0.414. The molecule has 0 bridgehead atoms. The molecule has 1 aromatic carbocycles. The smallest absolute Gasteiger partial charge is 0.129 e. The number of methoxy groups -OCH3 is 1. The first-order valence-corrected chi connectivity index (χ1v) is 4.70. The lowest BCUT2D eigenvalue weighted by Crippen LogP contribution is -2.14. The molecule has 3 nitrogen and oxygen atoms in total. The Bertz CT molecular complexity index is 362. The van der Waals surface area contributed by atoms with Crippen LogP contribution >= 0.6 is 0 Å². The molecule has 0 aliphatic rings. The highest BCUT2D eigenvalue weighted by Gasteiger charge is 2.04. The fourth-order valence-electron chi connectivity index (χ4n) is 1.29. The van der Waals surface area contributed by atoms with Crippen LogP contribution in [0.25, 0.3) is 5.57 Å². The zero-order chi connectivity index (χ0) is 11.3. The van der Waals surface area contributed by atoms with Gasteiger partial charge in [-0.15, -0.1) is 0 Å². The largest absolute Gasteiger partial charge is 0.497 e. The van der Waals surface area contributed by atoms with Gasteiger partial charge in [-0.3, -0.25) is 0 Å². The van der Waals surface area contributed by atoms with Crippen molar-refractivity contribution in [3.05, 3.63) is 29.8 Å². The summed E-state index contributed by atoms with van der Waals surface area (Å²) < 4.78 is 5.05. The molecule has 0 radical (unpaired) electrons. The summed E-state index contributed by atoms with van der Waals surface area (Å²) in [4.78, 5) is 12.7. The number of benzene rings is 1. The van der Waals surface area contributed by atoms with Crippen molar-refractivity contribution < 1.29 is 9.53 Å². The first-order valence-electron chi connectivity index (χ1n) is 4.70. The van der Waals surface area contributed by atoms with E-state index in [1.54, 1.807) is 7.11 Å². The number of rotatable bonds is 4. The molecule has 1 rings (SSSR count). The second-order valence-corrected chi connectivity index (χ2v) is 3.55. The van der Waals surface area contributed by atoms with Crippen LogP contribution in [0.4, 0.5) is 0 Å². The van der Waals surface area contributed by atoms with E-state index >= 15 is 0 Å². The van der Waals surface area contributed by atoms with Crippen LogP contribution in [0.5, 0.6) is 5.75 Å². The molecule has 0 amide bonds. The summed E-state index contributed by atoms with van der Waals surface area (Å²) in [5, 5.41) is 0. The number of ether oxygens (including phenoxy) is 1. The molecule has 0 N–H and O–H groups in total. The molecule has 80 valence electrons. The van der Waals surface area contributed by atoms with Gasteiger partial charge in [0, 0.05) is 6.54 Å². The van der Waals surface area contributed by atoms with Gasteiger partial charge >= 0.3 is 0 Å². The van der Waals surface area contributed by atoms with Crippen LogP contribution in [-0.2, 0) is 4.79 Å². The number of carbonyl (C=O) groups excluding carboxylic acids is 1. The van der Waals surface area contributed by atoms with Crippen LogP contribution in [0.15, 0.2) is 24.3 Å². The van der Waals surface area contributed by atoms with Crippen molar-refractivity contribution >= 4 is 11.5 Å². The van der Waals surface area contributed by atoms with Gasteiger partial charge in [0.1, 0.15) is 11.7 Å². The Morgan fingerprint density at radius 2 is 1.93 bits per heavy atom. The lowest BCUT2D eigenvalue weighted by Gasteiger charge is -2.10. The van der Waals surface area contributed by atoms with E-state index in [9.17, 15) is 4.79 Å². The third kappa shape index (κ3) is 3.24. The molecule has 0 aliphatic heterocycles. The average molecular weight is 205 g/mol. The minimum atomic E-state index is 0.593. The summed E-state index contributed by atoms with van der Waals surface area (Å²) >= 11 is 0. The quantitative estimate of drug-likeness (QED) is 0.697. The highest BCUT2D eigenvalue weighted by atomic mass is 16.5. The van der Waals surface area contributed by atoms with Crippen molar-refractivity contribution in [2.24, 2.45) is 0 Å². The molecule has 0 heterocycles. The van der Waals surface area contributed by atoms with E-state index in [4.69, 9.17) is 4.74 Å². The third-order valence-corrected chi connectivity index (χ3v) is 2.04. The average Bonchev–Trinajstić information content (AvgIpc) is 2.26. The van der Waals surface area contributed by atoms with Gasteiger partial charge in [0.15, 0.2) is 0 Å². The SMILES string of the molecule is COc1ccc(C(=C=O)CN(C)C)cc1. The van der Waals surface area contributed by atoms with Gasteiger partial charge in [0.05, 0.1) is 12.7 Å². The Labute approximate surface area is 90.0 Å². The molecule has 0 aliphatic carbocycles. The summed E-state index contributed by atoms with van der Waals surface area (Å²) in [7, 11) is 5.45. The van der Waals surface area contributed by atoms with Crippen molar-refractivity contribution in [1.29, 1.82) is 0 Å². The first kappa shape index (κ1) is 11.5. The van der Waals surface area contributed by atoms with Crippen LogP contribution in [-0.4, -0.2) is 38.6 Å². The van der Waals surface area contributed by atoms with Gasteiger partial charge in [0.2, 0.25) is 0 Å². The highest BCUT2D eigenvalue weighted by Crippen LogP contribution is 2.16. The Morgan fingerprint density at radius 3 is 2.33 bits per heavy atom. The predicted molar refractivity (Wildman–Crippen MR) is 60.6 cm³/mol. The molecule has 0 saturated heterocycles. The molecule has 0 atom stereocenters. The number of nitrogens with zero attached hydrogens (tertiary/aromatic N) is 1. The summed E-state index contributed by atoms with van der Waals surface area (Å²) in [5.41, 5.74) is 1.54. The first-order chi connectivity index (χ1) is 7.17. The number of hydrogen-bond acceptors (Lipinski definition) is 3. The maximum atomic E-state index is 10.8. The lowest BCUT2D eigenvalue weighted by atomic mass is 10.1. The van der Waals surface area contributed by atoms with Crippen molar-refractivity contribution in [3.8, 4) is 5.75 Å². The summed E-state index contributed by atoms with van der Waals surface area (Å²) in [6.45, 7) is 0.593. The standard InChI is InChI=1S/C12H15NO2/c1-13(2)8-11(9-14)10-4-6-12(15-3)7-5-10/h4-7H,8H2,1-3H3. The van der Waals surface area contributed by atoms with E-state index in [0.29, 0.717) is 12.1 Å². The maximum absolute atomic E-state index is 10.8. The summed E-state index contributed by atoms with van der Waals surface area (Å²) in [5.74, 6) is 2.76. The minimum Gasteiger partial charge on any atom is -0.497 e. The van der Waals surface area contributed by atoms with Crippen molar-refractivity contribution in [2.75, 3.05) is 27.7 Å². The maximum Gasteiger partial charge on any atom is 0.129 e. The van der Waals surface area contributed by atoms with E-state index in [0.717, 1.165) is 11.3 Å². The third-order valence-electron chi connectivity index (χ3n) is 2.04. The predicted octanol–water partition coefficient (Wildman–Crippen LogP) is 1.47. The van der Waals surface area contributed by atoms with Gasteiger partial charge in [-0.25, -0.2) is 4.79 Å². The molecule has 0 saturated carbocycles. The second kappa shape index (κ2) is 5.35. The van der Waals surface area contributed by atoms with E-state index in [2.05, 4.69) is 0 Å². The van der Waals surface area contributed by atoms with Crippen molar-refractivity contribution in [3.63, 3.8) is 0 Å². The van der Waals surface area contributed by atoms with E-state index in [1.807, 2.05) is 49.2 Å². The van der Waals surface area contributed by atoms with Gasteiger partial charge in [-0.1, -0.05) is 12.1 Å². The zero-order valence-corrected chi connectivity index (χ0v) is 9.28. The molecule has 0 aromatic heterocycles. The van der Waals surface area contributed by atoms with Gasteiger partial charge in [-0.2, -0.15) is 0 Å². The van der Waals surface area contributed by atoms with Crippen LogP contribution < -0.4 is 4.74 Å².